The molecule has 9 nitrogen and oxygen atoms in total. The van der Waals surface area contributed by atoms with Crippen LogP contribution in [0.2, 0.25) is 0 Å². The van der Waals surface area contributed by atoms with E-state index in [2.05, 4.69) is 82.1 Å². The van der Waals surface area contributed by atoms with Crippen LogP contribution >= 0.6 is 0 Å². The number of rotatable bonds is 9. The summed E-state index contributed by atoms with van der Waals surface area (Å²) in [6.45, 7) is 5.68. The number of fused-ring (bicyclic) bond motifs is 1. The van der Waals surface area contributed by atoms with Crippen LogP contribution in [0, 0.1) is 18.8 Å². The number of nitrogens with zero attached hydrogens (tertiary/aromatic N) is 3. The van der Waals surface area contributed by atoms with Gasteiger partial charge in [0.1, 0.15) is 5.69 Å². The zero-order valence-electron chi connectivity index (χ0n) is 20.8. The zero-order chi connectivity index (χ0) is 25.6. The number of allylic oxidation sites excluding steroid dienone is 2. The topological polar surface area (TPSA) is 146 Å². The number of terminal acetylenes is 1. The number of nitrogens with two attached hydrogens (primary N) is 3. The number of hydrazine groups is 1. The molecule has 1 aliphatic heterocycles. The van der Waals surface area contributed by atoms with Gasteiger partial charge in [-0.2, -0.15) is 10.2 Å². The molecule has 0 spiro atoms. The lowest BCUT2D eigenvalue weighted by Gasteiger charge is -2.20. The fourth-order valence-electron chi connectivity index (χ4n) is 3.99. The van der Waals surface area contributed by atoms with Crippen LogP contribution in [0.4, 0.5) is 0 Å². The first-order valence-corrected chi connectivity index (χ1v) is 11.8. The predicted molar refractivity (Wildman–Crippen MR) is 147 cm³/mol. The van der Waals surface area contributed by atoms with Crippen molar-refractivity contribution in [3.8, 4) is 12.8 Å². The molecule has 0 saturated heterocycles. The number of hydrazone groups is 1. The van der Waals surface area contributed by atoms with Crippen LogP contribution in [0.15, 0.2) is 53.2 Å². The average molecular weight is 478 g/mol. The molecule has 35 heavy (non-hydrogen) atoms. The number of amidine groups is 1. The monoisotopic (exact) mass is 477 g/mol. The van der Waals surface area contributed by atoms with Gasteiger partial charge in [0.05, 0.1) is 11.2 Å². The molecule has 0 radical (unpaired) electrons. The molecule has 2 heterocycles. The third-order valence-electron chi connectivity index (χ3n) is 6.08. The zero-order valence-corrected chi connectivity index (χ0v) is 20.8. The van der Waals surface area contributed by atoms with Crippen LogP contribution in [-0.4, -0.2) is 54.2 Å². The van der Waals surface area contributed by atoms with Gasteiger partial charge in [0, 0.05) is 24.0 Å². The maximum Gasteiger partial charge on any atom is 0.166 e. The van der Waals surface area contributed by atoms with Gasteiger partial charge in [0.15, 0.2) is 5.84 Å². The SMILES string of the molecule is C#C.CCC(CN)CCN(C)CC1=C/C/C=C(/c2n[nH]c3cc(/C(=N/N)NN)ccc23)NC/C=C\1. The normalized spacial score (nSPS) is 19.0. The molecule has 3 rings (SSSR count). The van der Waals surface area contributed by atoms with Gasteiger partial charge < -0.3 is 27.2 Å². The Hall–Kier alpha value is -3.58. The molecule has 0 amide bonds. The first kappa shape index (κ1) is 27.7. The molecule has 0 saturated carbocycles. The maximum atomic E-state index is 5.85. The lowest BCUT2D eigenvalue weighted by Crippen LogP contribution is -2.31. The van der Waals surface area contributed by atoms with E-state index in [0.717, 1.165) is 73.3 Å². The Morgan fingerprint density at radius 1 is 1.31 bits per heavy atom. The van der Waals surface area contributed by atoms with E-state index in [1.54, 1.807) is 0 Å². The fraction of sp³-hybridized carbons (Fsp3) is 0.385. The van der Waals surface area contributed by atoms with Crippen LogP contribution in [0.25, 0.3) is 16.6 Å². The van der Waals surface area contributed by atoms with E-state index in [0.29, 0.717) is 11.8 Å². The van der Waals surface area contributed by atoms with Crippen molar-refractivity contribution >= 4 is 22.4 Å². The molecule has 2 aromatic rings. The Kier molecular flexibility index (Phi) is 11.6. The van der Waals surface area contributed by atoms with E-state index in [9.17, 15) is 0 Å². The Morgan fingerprint density at radius 2 is 2.11 bits per heavy atom. The minimum Gasteiger partial charge on any atom is -0.380 e. The maximum absolute atomic E-state index is 5.85. The summed E-state index contributed by atoms with van der Waals surface area (Å²) in [6.07, 6.45) is 19.9. The Balaban J connectivity index is 0.00000210. The lowest BCUT2D eigenvalue weighted by atomic mass is 10.0. The van der Waals surface area contributed by atoms with Gasteiger partial charge in [-0.25, -0.2) is 5.84 Å². The van der Waals surface area contributed by atoms with Crippen LogP contribution in [-0.2, 0) is 0 Å². The molecule has 9 N–H and O–H groups in total. The Labute approximate surface area is 208 Å². The highest BCUT2D eigenvalue weighted by Gasteiger charge is 2.13. The van der Waals surface area contributed by atoms with E-state index in [4.69, 9.17) is 17.4 Å². The minimum atomic E-state index is 0.411. The number of H-pyrrole nitrogens is 1. The van der Waals surface area contributed by atoms with Crippen molar-refractivity contribution in [1.29, 1.82) is 0 Å². The lowest BCUT2D eigenvalue weighted by molar-refractivity contribution is 0.319. The highest BCUT2D eigenvalue weighted by Crippen LogP contribution is 2.23. The predicted octanol–water partition coefficient (Wildman–Crippen LogP) is 2.02. The van der Waals surface area contributed by atoms with E-state index in [-0.39, 0.29) is 0 Å². The number of hydrogen-bond acceptors (Lipinski definition) is 7. The second-order valence-electron chi connectivity index (χ2n) is 8.41. The van der Waals surface area contributed by atoms with Gasteiger partial charge in [-0.3, -0.25) is 5.10 Å². The Morgan fingerprint density at radius 3 is 2.80 bits per heavy atom. The van der Waals surface area contributed by atoms with E-state index >= 15 is 0 Å². The molecule has 1 aromatic carbocycles. The highest BCUT2D eigenvalue weighted by atomic mass is 15.3. The smallest absolute Gasteiger partial charge is 0.166 e. The molecular formula is C26H39N9. The largest absolute Gasteiger partial charge is 0.380 e. The van der Waals surface area contributed by atoms with Crippen molar-refractivity contribution < 1.29 is 0 Å². The number of hydrogen-bond donors (Lipinski definition) is 6. The van der Waals surface area contributed by atoms with E-state index < -0.39 is 0 Å². The molecule has 9 heteroatoms. The van der Waals surface area contributed by atoms with Crippen molar-refractivity contribution in [2.24, 2.45) is 28.4 Å². The number of likely N-dealkylation sites (N-methyl/N-ethyl adjacent to an activating group) is 1. The molecular weight excluding hydrogens is 438 g/mol. The summed E-state index contributed by atoms with van der Waals surface area (Å²) in [5.74, 6) is 11.9. The molecule has 1 unspecified atom stereocenters. The Bertz CT molecular complexity index is 1070. The summed E-state index contributed by atoms with van der Waals surface area (Å²) in [7, 11) is 2.18. The molecule has 188 valence electrons. The van der Waals surface area contributed by atoms with Crippen molar-refractivity contribution in [3.05, 3.63) is 59.3 Å². The molecule has 0 bridgehead atoms. The second kappa shape index (κ2) is 14.6. The molecule has 0 fully saturated rings. The summed E-state index contributed by atoms with van der Waals surface area (Å²) in [4.78, 5) is 2.37. The first-order valence-electron chi connectivity index (χ1n) is 11.8. The highest BCUT2D eigenvalue weighted by molar-refractivity contribution is 6.02. The third kappa shape index (κ3) is 7.72. The van der Waals surface area contributed by atoms with Gasteiger partial charge >= 0.3 is 0 Å². The van der Waals surface area contributed by atoms with Crippen LogP contribution in [0.1, 0.15) is 37.4 Å². The van der Waals surface area contributed by atoms with Crippen LogP contribution < -0.4 is 28.2 Å². The third-order valence-corrected chi connectivity index (χ3v) is 6.08. The van der Waals surface area contributed by atoms with Gasteiger partial charge in [-0.1, -0.05) is 43.7 Å². The van der Waals surface area contributed by atoms with Crippen molar-refractivity contribution in [1.82, 2.24) is 25.8 Å². The summed E-state index contributed by atoms with van der Waals surface area (Å²) in [6, 6.07) is 5.84. The van der Waals surface area contributed by atoms with Gasteiger partial charge in [-0.05, 0) is 56.6 Å². The van der Waals surface area contributed by atoms with E-state index in [1.165, 1.54) is 5.57 Å². The second-order valence-corrected chi connectivity index (χ2v) is 8.41. The average Bonchev–Trinajstić information content (AvgIpc) is 3.34. The summed E-state index contributed by atoms with van der Waals surface area (Å²) < 4.78 is 0. The van der Waals surface area contributed by atoms with Gasteiger partial charge in [-0.15, -0.1) is 12.8 Å². The van der Waals surface area contributed by atoms with Crippen LogP contribution in [0.3, 0.4) is 0 Å². The number of benzene rings is 1. The van der Waals surface area contributed by atoms with Crippen molar-refractivity contribution in [3.63, 3.8) is 0 Å². The van der Waals surface area contributed by atoms with E-state index in [1.807, 2.05) is 18.2 Å². The summed E-state index contributed by atoms with van der Waals surface area (Å²) in [5.41, 5.74) is 13.2. The molecule has 0 aliphatic carbocycles. The molecule has 1 atom stereocenters. The molecule has 1 aliphatic rings. The van der Waals surface area contributed by atoms with Gasteiger partial charge in [0.25, 0.3) is 0 Å². The van der Waals surface area contributed by atoms with Crippen molar-refractivity contribution in [2.75, 3.05) is 33.2 Å². The molecule has 1 aromatic heterocycles. The minimum absolute atomic E-state index is 0.411. The summed E-state index contributed by atoms with van der Waals surface area (Å²) >= 11 is 0. The first-order chi connectivity index (χ1) is 17.1. The fourth-order valence-corrected chi connectivity index (χ4v) is 3.99. The standard InChI is InChI=1S/C24H37N9.C2H2/c1-3-17(15-25)11-13-33(2)16-18-6-4-8-21(28-12-5-7-18)23-20-10-9-19(24(29-26)30-27)14-22(20)31-32-23;1-2/h5-10,14,17,28H,3-4,11-13,15-16,25-27H2,1-2H3,(H,29,30)(H,31,32);1-2H/b7-5-,18-6+,21-8-;. The summed E-state index contributed by atoms with van der Waals surface area (Å²) in [5, 5.41) is 15.8. The van der Waals surface area contributed by atoms with Gasteiger partial charge in [0.2, 0.25) is 0 Å². The van der Waals surface area contributed by atoms with Crippen LogP contribution in [0.5, 0.6) is 0 Å². The number of aromatic amines is 1. The quantitative estimate of drug-likeness (QED) is 0.106. The number of nitrogens with one attached hydrogen (secondary N) is 3. The van der Waals surface area contributed by atoms with Crippen molar-refractivity contribution in [2.45, 2.75) is 26.2 Å². The number of aromatic nitrogens is 2.